The average molecular weight is 325 g/mol. The Morgan fingerprint density at radius 2 is 1.74 bits per heavy atom. The molecule has 0 saturated carbocycles. The maximum atomic E-state index is 12.1. The van der Waals surface area contributed by atoms with Crippen LogP contribution in [0.1, 0.15) is 53.9 Å². The molecule has 0 spiro atoms. The first kappa shape index (κ1) is 18.5. The van der Waals surface area contributed by atoms with Gasteiger partial charge in [-0.1, -0.05) is 13.8 Å². The number of rotatable bonds is 4. The molecule has 0 aromatic rings. The molecule has 0 radical (unpaired) electrons. The van der Waals surface area contributed by atoms with E-state index in [1.807, 2.05) is 25.7 Å². The summed E-state index contributed by atoms with van der Waals surface area (Å²) in [6.45, 7) is 15.5. The fourth-order valence-electron chi connectivity index (χ4n) is 3.52. The second kappa shape index (κ2) is 7.84. The molecule has 2 heterocycles. The molecule has 5 nitrogen and oxygen atoms in total. The van der Waals surface area contributed by atoms with Gasteiger partial charge in [-0.05, 0) is 59.0 Å². The van der Waals surface area contributed by atoms with Gasteiger partial charge < -0.3 is 19.9 Å². The van der Waals surface area contributed by atoms with Crippen molar-refractivity contribution in [3.8, 4) is 0 Å². The van der Waals surface area contributed by atoms with Gasteiger partial charge in [0.05, 0.1) is 0 Å². The number of nitrogens with one attached hydrogen (secondary N) is 1. The van der Waals surface area contributed by atoms with Crippen LogP contribution in [0.4, 0.5) is 4.79 Å². The lowest BCUT2D eigenvalue weighted by molar-refractivity contribution is 0.0289. The largest absolute Gasteiger partial charge is 0.444 e. The van der Waals surface area contributed by atoms with Gasteiger partial charge in [-0.25, -0.2) is 4.79 Å². The lowest BCUT2D eigenvalue weighted by Gasteiger charge is -2.34. The average Bonchev–Trinajstić information content (AvgIpc) is 2.87. The molecule has 1 atom stereocenters. The van der Waals surface area contributed by atoms with Crippen LogP contribution in [0.5, 0.6) is 0 Å². The van der Waals surface area contributed by atoms with E-state index in [1.54, 1.807) is 0 Å². The number of hydrogen-bond acceptors (Lipinski definition) is 4. The Labute approximate surface area is 141 Å². The maximum Gasteiger partial charge on any atom is 0.410 e. The topological polar surface area (TPSA) is 44.8 Å². The maximum absolute atomic E-state index is 12.1. The van der Waals surface area contributed by atoms with Crippen molar-refractivity contribution >= 4 is 6.09 Å². The van der Waals surface area contributed by atoms with Crippen LogP contribution < -0.4 is 5.32 Å². The van der Waals surface area contributed by atoms with Gasteiger partial charge in [-0.2, -0.15) is 0 Å². The SMILES string of the molecule is CC(C)CN1CCC(NC2CCN(C(=O)OC(C)(C)C)C2)CC1. The highest BCUT2D eigenvalue weighted by molar-refractivity contribution is 5.68. The first-order valence-corrected chi connectivity index (χ1v) is 9.19. The van der Waals surface area contributed by atoms with E-state index in [4.69, 9.17) is 4.74 Å². The van der Waals surface area contributed by atoms with Gasteiger partial charge >= 0.3 is 6.09 Å². The van der Waals surface area contributed by atoms with Gasteiger partial charge in [0.25, 0.3) is 0 Å². The summed E-state index contributed by atoms with van der Waals surface area (Å²) in [5, 5.41) is 3.76. The molecular formula is C18H35N3O2. The minimum Gasteiger partial charge on any atom is -0.444 e. The number of carbonyl (C=O) groups excluding carboxylic acids is 1. The summed E-state index contributed by atoms with van der Waals surface area (Å²) in [5.41, 5.74) is -0.411. The van der Waals surface area contributed by atoms with Crippen molar-refractivity contribution in [1.29, 1.82) is 0 Å². The van der Waals surface area contributed by atoms with Crippen LogP contribution in [0.3, 0.4) is 0 Å². The van der Waals surface area contributed by atoms with Crippen LogP contribution in [0.2, 0.25) is 0 Å². The van der Waals surface area contributed by atoms with Gasteiger partial charge in [-0.15, -0.1) is 0 Å². The lowest BCUT2D eigenvalue weighted by atomic mass is 10.0. The smallest absolute Gasteiger partial charge is 0.410 e. The molecule has 2 rings (SSSR count). The highest BCUT2D eigenvalue weighted by atomic mass is 16.6. The normalized spacial score (nSPS) is 24.4. The monoisotopic (exact) mass is 325 g/mol. The summed E-state index contributed by atoms with van der Waals surface area (Å²) >= 11 is 0. The number of piperidine rings is 1. The molecule has 2 aliphatic rings. The molecule has 23 heavy (non-hydrogen) atoms. The van der Waals surface area contributed by atoms with E-state index in [9.17, 15) is 4.79 Å². The van der Waals surface area contributed by atoms with E-state index in [0.717, 1.165) is 25.4 Å². The zero-order valence-electron chi connectivity index (χ0n) is 15.6. The van der Waals surface area contributed by atoms with Gasteiger partial charge in [-0.3, -0.25) is 0 Å². The molecule has 2 fully saturated rings. The Morgan fingerprint density at radius 3 is 2.30 bits per heavy atom. The predicted molar refractivity (Wildman–Crippen MR) is 93.6 cm³/mol. The Bertz CT molecular complexity index is 384. The molecule has 2 aliphatic heterocycles. The summed E-state index contributed by atoms with van der Waals surface area (Å²) in [5.74, 6) is 0.747. The Kier molecular flexibility index (Phi) is 6.32. The number of likely N-dealkylation sites (tertiary alicyclic amines) is 2. The van der Waals surface area contributed by atoms with Crippen molar-refractivity contribution in [1.82, 2.24) is 15.1 Å². The van der Waals surface area contributed by atoms with E-state index in [1.165, 1.54) is 32.5 Å². The number of amides is 1. The molecule has 1 N–H and O–H groups in total. The van der Waals surface area contributed by atoms with Crippen molar-refractivity contribution in [2.45, 2.75) is 71.6 Å². The van der Waals surface area contributed by atoms with Gasteiger partial charge in [0.1, 0.15) is 5.60 Å². The summed E-state index contributed by atoms with van der Waals surface area (Å²) < 4.78 is 5.46. The van der Waals surface area contributed by atoms with Crippen LogP contribution in [-0.2, 0) is 4.74 Å². The Balaban J connectivity index is 1.69. The zero-order chi connectivity index (χ0) is 17.0. The molecule has 0 bridgehead atoms. The van der Waals surface area contributed by atoms with Crippen LogP contribution in [-0.4, -0.2) is 66.3 Å². The van der Waals surface area contributed by atoms with E-state index in [-0.39, 0.29) is 6.09 Å². The summed E-state index contributed by atoms with van der Waals surface area (Å²) in [4.78, 5) is 16.5. The third-order valence-electron chi connectivity index (χ3n) is 4.52. The molecule has 5 heteroatoms. The lowest BCUT2D eigenvalue weighted by Crippen LogP contribution is -2.48. The molecule has 1 unspecified atom stereocenters. The minimum absolute atomic E-state index is 0.173. The van der Waals surface area contributed by atoms with Gasteiger partial charge in [0, 0.05) is 31.7 Å². The number of hydrogen-bond donors (Lipinski definition) is 1. The molecule has 2 saturated heterocycles. The molecule has 1 amide bonds. The molecule has 0 aromatic heterocycles. The van der Waals surface area contributed by atoms with Crippen LogP contribution in [0, 0.1) is 5.92 Å². The summed E-state index contributed by atoms with van der Waals surface area (Å²) in [7, 11) is 0. The zero-order valence-corrected chi connectivity index (χ0v) is 15.6. The van der Waals surface area contributed by atoms with Gasteiger partial charge in [0.2, 0.25) is 0 Å². The van der Waals surface area contributed by atoms with Crippen molar-refractivity contribution < 1.29 is 9.53 Å². The van der Waals surface area contributed by atoms with E-state index < -0.39 is 5.60 Å². The first-order valence-electron chi connectivity index (χ1n) is 9.19. The number of ether oxygens (including phenoxy) is 1. The summed E-state index contributed by atoms with van der Waals surface area (Å²) in [6, 6.07) is 1.02. The number of nitrogens with zero attached hydrogens (tertiary/aromatic N) is 2. The standard InChI is InChI=1S/C18H35N3O2/c1-14(2)12-20-9-6-15(7-10-20)19-16-8-11-21(13-16)17(22)23-18(3,4)5/h14-16,19H,6-13H2,1-5H3. The molecular weight excluding hydrogens is 290 g/mol. The second-order valence-electron chi connectivity index (χ2n) is 8.55. The molecule has 0 aliphatic carbocycles. The van der Waals surface area contributed by atoms with Crippen molar-refractivity contribution in [3.63, 3.8) is 0 Å². The van der Waals surface area contributed by atoms with Crippen LogP contribution >= 0.6 is 0 Å². The number of carbonyl (C=O) groups is 1. The highest BCUT2D eigenvalue weighted by Crippen LogP contribution is 2.18. The van der Waals surface area contributed by atoms with Crippen molar-refractivity contribution in [2.75, 3.05) is 32.7 Å². The minimum atomic E-state index is -0.411. The van der Waals surface area contributed by atoms with E-state index in [2.05, 4.69) is 24.1 Å². The highest BCUT2D eigenvalue weighted by Gasteiger charge is 2.31. The fraction of sp³-hybridized carbons (Fsp3) is 0.944. The van der Waals surface area contributed by atoms with Crippen molar-refractivity contribution in [2.24, 2.45) is 5.92 Å². The van der Waals surface area contributed by atoms with Crippen LogP contribution in [0.25, 0.3) is 0 Å². The third-order valence-corrected chi connectivity index (χ3v) is 4.52. The Hall–Kier alpha value is -0.810. The van der Waals surface area contributed by atoms with Gasteiger partial charge in [0.15, 0.2) is 0 Å². The molecule has 134 valence electrons. The molecule has 0 aromatic carbocycles. The second-order valence-corrected chi connectivity index (χ2v) is 8.55. The Morgan fingerprint density at radius 1 is 1.13 bits per heavy atom. The van der Waals surface area contributed by atoms with Crippen LogP contribution in [0.15, 0.2) is 0 Å². The quantitative estimate of drug-likeness (QED) is 0.863. The predicted octanol–water partition coefficient (Wildman–Crippen LogP) is 2.71. The first-order chi connectivity index (χ1) is 10.7. The van der Waals surface area contributed by atoms with Crippen molar-refractivity contribution in [3.05, 3.63) is 0 Å². The summed E-state index contributed by atoms with van der Waals surface area (Å²) in [6.07, 6.45) is 3.30. The van der Waals surface area contributed by atoms with E-state index in [0.29, 0.717) is 12.1 Å². The van der Waals surface area contributed by atoms with E-state index >= 15 is 0 Å². The fourth-order valence-corrected chi connectivity index (χ4v) is 3.52. The third kappa shape index (κ3) is 6.30.